The van der Waals surface area contributed by atoms with Crippen molar-refractivity contribution in [2.24, 2.45) is 0 Å². The van der Waals surface area contributed by atoms with Crippen molar-refractivity contribution in [2.45, 2.75) is 0 Å². The van der Waals surface area contributed by atoms with E-state index in [9.17, 15) is 4.79 Å². The van der Waals surface area contributed by atoms with E-state index in [0.29, 0.717) is 28.4 Å². The SMILES string of the molecule is O=C(Nc1cnccc1-c1ccc2c(c1)OCO2)c1c[nH]c2ncc(-c3ccsc3)cc12. The first-order chi connectivity index (χ1) is 15.8. The standard InChI is InChI=1S/C24H16N4O3S/c29-24(19-10-27-23-18(19)7-16(9-26-23)15-4-6-32-12-15)28-20-11-25-5-3-17(20)14-1-2-21-22(8-14)31-13-30-21/h1-12H,13H2,(H,26,27)(H,28,29). The number of thiophene rings is 1. The number of rotatable bonds is 4. The zero-order valence-electron chi connectivity index (χ0n) is 16.7. The topological polar surface area (TPSA) is 89.1 Å². The molecule has 0 aliphatic carbocycles. The Morgan fingerprint density at radius 1 is 1.03 bits per heavy atom. The first-order valence-electron chi connectivity index (χ1n) is 9.91. The molecule has 5 heterocycles. The first kappa shape index (κ1) is 18.6. The molecule has 0 fully saturated rings. The van der Waals surface area contributed by atoms with E-state index in [1.807, 2.05) is 41.8 Å². The monoisotopic (exact) mass is 440 g/mol. The number of nitrogens with one attached hydrogen (secondary N) is 2. The fourth-order valence-corrected chi connectivity index (χ4v) is 4.44. The van der Waals surface area contributed by atoms with Crippen LogP contribution >= 0.6 is 11.3 Å². The van der Waals surface area contributed by atoms with Crippen LogP contribution < -0.4 is 14.8 Å². The third kappa shape index (κ3) is 3.17. The average Bonchev–Trinajstić information content (AvgIpc) is 3.59. The van der Waals surface area contributed by atoms with Crippen LogP contribution in [0.3, 0.4) is 0 Å². The summed E-state index contributed by atoms with van der Waals surface area (Å²) < 4.78 is 10.9. The average molecular weight is 440 g/mol. The Morgan fingerprint density at radius 2 is 1.97 bits per heavy atom. The minimum absolute atomic E-state index is 0.209. The third-order valence-corrected chi connectivity index (χ3v) is 6.07. The van der Waals surface area contributed by atoms with Gasteiger partial charge in [0.1, 0.15) is 5.65 Å². The van der Waals surface area contributed by atoms with Crippen molar-refractivity contribution in [3.8, 4) is 33.8 Å². The van der Waals surface area contributed by atoms with Gasteiger partial charge in [-0.3, -0.25) is 9.78 Å². The number of ether oxygens (including phenoxy) is 2. The molecule has 1 aliphatic heterocycles. The molecule has 0 radical (unpaired) electrons. The summed E-state index contributed by atoms with van der Waals surface area (Å²) in [5.41, 5.74) is 5.56. The highest BCUT2D eigenvalue weighted by atomic mass is 32.1. The van der Waals surface area contributed by atoms with E-state index >= 15 is 0 Å². The zero-order valence-corrected chi connectivity index (χ0v) is 17.5. The van der Waals surface area contributed by atoms with E-state index in [1.165, 1.54) is 0 Å². The molecule has 1 aliphatic rings. The number of carbonyl (C=O) groups excluding carboxylic acids is 1. The maximum Gasteiger partial charge on any atom is 0.257 e. The van der Waals surface area contributed by atoms with Gasteiger partial charge in [-0.2, -0.15) is 11.3 Å². The van der Waals surface area contributed by atoms with Gasteiger partial charge in [0.05, 0.1) is 17.4 Å². The smallest absolute Gasteiger partial charge is 0.257 e. The van der Waals surface area contributed by atoms with Crippen LogP contribution in [0.1, 0.15) is 10.4 Å². The molecule has 8 heteroatoms. The van der Waals surface area contributed by atoms with Gasteiger partial charge >= 0.3 is 0 Å². The largest absolute Gasteiger partial charge is 0.454 e. The quantitative estimate of drug-likeness (QED) is 0.394. The molecular formula is C24H16N4O3S. The van der Waals surface area contributed by atoms with Gasteiger partial charge in [0, 0.05) is 35.1 Å². The Labute approximate surface area is 186 Å². The van der Waals surface area contributed by atoms with Gasteiger partial charge in [-0.25, -0.2) is 4.98 Å². The number of aromatic nitrogens is 3. The summed E-state index contributed by atoms with van der Waals surface area (Å²) in [6, 6.07) is 11.6. The van der Waals surface area contributed by atoms with E-state index in [1.54, 1.807) is 36.1 Å². The second-order valence-electron chi connectivity index (χ2n) is 7.28. The maximum atomic E-state index is 13.2. The second-order valence-corrected chi connectivity index (χ2v) is 8.06. The molecule has 0 unspecified atom stereocenters. The van der Waals surface area contributed by atoms with Crippen molar-refractivity contribution in [3.05, 3.63) is 77.5 Å². The molecule has 2 N–H and O–H groups in total. The number of pyridine rings is 2. The number of carbonyl (C=O) groups is 1. The van der Waals surface area contributed by atoms with Gasteiger partial charge in [0.15, 0.2) is 11.5 Å². The molecule has 0 atom stereocenters. The summed E-state index contributed by atoms with van der Waals surface area (Å²) in [5.74, 6) is 1.15. The lowest BCUT2D eigenvalue weighted by atomic mass is 10.0. The number of hydrogen-bond donors (Lipinski definition) is 2. The maximum absolute atomic E-state index is 13.2. The lowest BCUT2D eigenvalue weighted by Gasteiger charge is -2.11. The first-order valence-corrected chi connectivity index (χ1v) is 10.9. The predicted molar refractivity (Wildman–Crippen MR) is 123 cm³/mol. The van der Waals surface area contributed by atoms with Crippen LogP contribution in [0, 0.1) is 0 Å². The molecule has 0 bridgehead atoms. The summed E-state index contributed by atoms with van der Waals surface area (Å²) in [5, 5.41) is 7.85. The van der Waals surface area contributed by atoms with E-state index in [0.717, 1.165) is 27.6 Å². The molecule has 5 aromatic rings. The number of nitrogens with zero attached hydrogens (tertiary/aromatic N) is 2. The number of benzene rings is 1. The minimum atomic E-state index is -0.240. The van der Waals surface area contributed by atoms with Crippen LogP contribution in [-0.2, 0) is 0 Å². The van der Waals surface area contributed by atoms with Crippen molar-refractivity contribution in [1.82, 2.24) is 15.0 Å². The van der Waals surface area contributed by atoms with Crippen molar-refractivity contribution in [3.63, 3.8) is 0 Å². The highest BCUT2D eigenvalue weighted by Gasteiger charge is 2.18. The van der Waals surface area contributed by atoms with Crippen molar-refractivity contribution in [2.75, 3.05) is 12.1 Å². The molecule has 1 aromatic carbocycles. The minimum Gasteiger partial charge on any atom is -0.454 e. The van der Waals surface area contributed by atoms with Gasteiger partial charge in [0.25, 0.3) is 5.91 Å². The van der Waals surface area contributed by atoms with Crippen molar-refractivity contribution < 1.29 is 14.3 Å². The molecule has 0 spiro atoms. The van der Waals surface area contributed by atoms with Crippen molar-refractivity contribution >= 4 is 34.0 Å². The van der Waals surface area contributed by atoms with Crippen LogP contribution in [0.5, 0.6) is 11.5 Å². The Balaban J connectivity index is 1.35. The fourth-order valence-electron chi connectivity index (χ4n) is 3.78. The fraction of sp³-hybridized carbons (Fsp3) is 0.0417. The molecular weight excluding hydrogens is 424 g/mol. The summed E-state index contributed by atoms with van der Waals surface area (Å²) in [7, 11) is 0. The van der Waals surface area contributed by atoms with Crippen LogP contribution in [0.15, 0.2) is 71.9 Å². The lowest BCUT2D eigenvalue weighted by Crippen LogP contribution is -2.12. The van der Waals surface area contributed by atoms with Gasteiger partial charge in [0.2, 0.25) is 6.79 Å². The van der Waals surface area contributed by atoms with Gasteiger partial charge in [-0.15, -0.1) is 0 Å². The number of anilines is 1. The normalized spacial score (nSPS) is 12.2. The molecule has 156 valence electrons. The Morgan fingerprint density at radius 3 is 2.88 bits per heavy atom. The van der Waals surface area contributed by atoms with Crippen LogP contribution in [0.2, 0.25) is 0 Å². The highest BCUT2D eigenvalue weighted by Crippen LogP contribution is 2.38. The Hall–Kier alpha value is -4.17. The van der Waals surface area contributed by atoms with Crippen LogP contribution in [-0.4, -0.2) is 27.7 Å². The van der Waals surface area contributed by atoms with Crippen molar-refractivity contribution in [1.29, 1.82) is 0 Å². The molecule has 0 saturated carbocycles. The Bertz CT molecular complexity index is 1460. The lowest BCUT2D eigenvalue weighted by molar-refractivity contribution is 0.102. The Kier molecular flexibility index (Phi) is 4.36. The summed E-state index contributed by atoms with van der Waals surface area (Å²) in [6.07, 6.45) is 6.82. The summed E-state index contributed by atoms with van der Waals surface area (Å²) in [4.78, 5) is 25.0. The van der Waals surface area contributed by atoms with E-state index in [2.05, 4.69) is 25.6 Å². The highest BCUT2D eigenvalue weighted by molar-refractivity contribution is 7.08. The number of amides is 1. The molecule has 32 heavy (non-hydrogen) atoms. The number of fused-ring (bicyclic) bond motifs is 2. The molecule has 6 rings (SSSR count). The van der Waals surface area contributed by atoms with Gasteiger partial charge in [-0.05, 0) is 52.2 Å². The number of H-pyrrole nitrogens is 1. The van der Waals surface area contributed by atoms with Gasteiger partial charge in [-0.1, -0.05) is 6.07 Å². The predicted octanol–water partition coefficient (Wildman–Crippen LogP) is 5.33. The van der Waals surface area contributed by atoms with E-state index in [-0.39, 0.29) is 12.7 Å². The number of aromatic amines is 1. The summed E-state index contributed by atoms with van der Waals surface area (Å²) >= 11 is 1.62. The zero-order chi connectivity index (χ0) is 21.5. The second kappa shape index (κ2) is 7.51. The molecule has 7 nitrogen and oxygen atoms in total. The summed E-state index contributed by atoms with van der Waals surface area (Å²) in [6.45, 7) is 0.209. The molecule has 1 amide bonds. The van der Waals surface area contributed by atoms with Crippen LogP contribution in [0.25, 0.3) is 33.3 Å². The molecule has 4 aromatic heterocycles. The van der Waals surface area contributed by atoms with Crippen LogP contribution in [0.4, 0.5) is 5.69 Å². The third-order valence-electron chi connectivity index (χ3n) is 5.38. The van der Waals surface area contributed by atoms with E-state index in [4.69, 9.17) is 9.47 Å². The molecule has 0 saturated heterocycles. The van der Waals surface area contributed by atoms with E-state index < -0.39 is 0 Å². The van der Waals surface area contributed by atoms with Gasteiger partial charge < -0.3 is 19.8 Å². The number of hydrogen-bond acceptors (Lipinski definition) is 6.